The highest BCUT2D eigenvalue weighted by atomic mass is 19.4. The van der Waals surface area contributed by atoms with Crippen molar-refractivity contribution in [2.75, 3.05) is 0 Å². The molecule has 0 amide bonds. The zero-order valence-electron chi connectivity index (χ0n) is 11.2. The van der Waals surface area contributed by atoms with E-state index in [4.69, 9.17) is 0 Å². The molecule has 0 heterocycles. The molecule has 1 rings (SSSR count). The van der Waals surface area contributed by atoms with Crippen molar-refractivity contribution in [1.82, 2.24) is 0 Å². The van der Waals surface area contributed by atoms with Gasteiger partial charge in [-0.05, 0) is 12.1 Å². The summed E-state index contributed by atoms with van der Waals surface area (Å²) < 4.78 is 87.3. The minimum absolute atomic E-state index is 0.480. The summed E-state index contributed by atoms with van der Waals surface area (Å²) in [5, 5.41) is 19.7. The van der Waals surface area contributed by atoms with Crippen molar-refractivity contribution in [3.8, 4) is 0 Å². The number of nitrogens with zero attached hydrogens (tertiary/aromatic N) is 1. The van der Waals surface area contributed by atoms with Crippen LogP contribution in [0.5, 0.6) is 0 Å². The molecule has 5 nitrogen and oxygen atoms in total. The molecule has 132 valence electrons. The first-order chi connectivity index (χ1) is 10.7. The second-order valence-corrected chi connectivity index (χ2v) is 4.34. The Bertz CT molecular complexity index is 680. The molecule has 0 saturated heterocycles. The fraction of sp³-hybridized carbons (Fsp3) is 0.250. The predicted octanol–water partition coefficient (Wildman–Crippen LogP) is 3.90. The molecule has 12 heteroatoms. The zero-order chi connectivity index (χ0) is 18.9. The molecule has 0 aliphatic carbocycles. The van der Waals surface area contributed by atoms with E-state index in [1.165, 1.54) is 0 Å². The number of ketones is 1. The topological polar surface area (TPSA) is 80.4 Å². The van der Waals surface area contributed by atoms with Gasteiger partial charge in [0.1, 0.15) is 5.76 Å². The molecule has 1 N–H and O–H groups in total. The second kappa shape index (κ2) is 6.09. The van der Waals surface area contributed by atoms with Gasteiger partial charge in [-0.1, -0.05) is 0 Å². The first-order valence-corrected chi connectivity index (χ1v) is 5.74. The molecule has 0 fully saturated rings. The van der Waals surface area contributed by atoms with Crippen molar-refractivity contribution in [3.63, 3.8) is 0 Å². The molecule has 24 heavy (non-hydrogen) atoms. The van der Waals surface area contributed by atoms with Gasteiger partial charge in [-0.25, -0.2) is 0 Å². The maximum absolute atomic E-state index is 13.1. The van der Waals surface area contributed by atoms with Gasteiger partial charge in [0, 0.05) is 23.8 Å². The summed E-state index contributed by atoms with van der Waals surface area (Å²) >= 11 is 0. The molecule has 0 aliphatic heterocycles. The lowest BCUT2D eigenvalue weighted by molar-refractivity contribution is -0.384. The van der Waals surface area contributed by atoms with Crippen LogP contribution in [0, 0.1) is 10.1 Å². The zero-order valence-corrected chi connectivity index (χ0v) is 11.2. The Kier molecular flexibility index (Phi) is 4.92. The fourth-order valence-electron chi connectivity index (χ4n) is 1.38. The van der Waals surface area contributed by atoms with E-state index < -0.39 is 51.8 Å². The largest absolute Gasteiger partial charge is 0.507 e. The average molecular weight is 361 g/mol. The standard InChI is InChI=1S/C12H6F7NO4/c13-10(14,11(15,16)12(17,18)19)9(22)5-8(21)6-1-3-7(4-2-6)20(23)24/h1-5,21H/b8-5-. The maximum atomic E-state index is 13.1. The number of nitro groups is 1. The second-order valence-electron chi connectivity index (χ2n) is 4.34. The number of non-ortho nitro benzene ring substituents is 1. The molecule has 0 spiro atoms. The summed E-state index contributed by atoms with van der Waals surface area (Å²) in [6.07, 6.45) is -7.20. The van der Waals surface area contributed by atoms with Crippen LogP contribution in [-0.4, -0.2) is 33.8 Å². The fourth-order valence-corrected chi connectivity index (χ4v) is 1.38. The number of alkyl halides is 7. The molecule has 0 atom stereocenters. The Morgan fingerprint density at radius 3 is 1.88 bits per heavy atom. The number of carbonyl (C=O) groups is 1. The molecule has 0 aromatic heterocycles. The Hall–Kier alpha value is -2.66. The SMILES string of the molecule is O=C(/C=C(\O)c1ccc([N+](=O)[O-])cc1)C(F)(F)C(F)(F)C(F)(F)F. The van der Waals surface area contributed by atoms with Gasteiger partial charge in [-0.15, -0.1) is 0 Å². The van der Waals surface area contributed by atoms with E-state index in [1.54, 1.807) is 0 Å². The lowest BCUT2D eigenvalue weighted by Crippen LogP contribution is -2.55. The first-order valence-electron chi connectivity index (χ1n) is 5.74. The van der Waals surface area contributed by atoms with Crippen molar-refractivity contribution in [2.24, 2.45) is 0 Å². The molecule has 1 aromatic carbocycles. The first kappa shape index (κ1) is 19.4. The number of nitro benzene ring substituents is 1. The summed E-state index contributed by atoms with van der Waals surface area (Å²) in [5.74, 6) is -17.2. The van der Waals surface area contributed by atoms with Crippen LogP contribution in [-0.2, 0) is 4.79 Å². The van der Waals surface area contributed by atoms with Crippen molar-refractivity contribution < 1.29 is 45.6 Å². The van der Waals surface area contributed by atoms with E-state index in [-0.39, 0.29) is 0 Å². The average Bonchev–Trinajstić information content (AvgIpc) is 2.45. The van der Waals surface area contributed by atoms with Gasteiger partial charge in [0.05, 0.1) is 4.92 Å². The normalized spacial score (nSPS) is 13.7. The summed E-state index contributed by atoms with van der Waals surface area (Å²) in [6, 6.07) is 3.12. The van der Waals surface area contributed by atoms with Gasteiger partial charge >= 0.3 is 18.0 Å². The van der Waals surface area contributed by atoms with Crippen LogP contribution < -0.4 is 0 Å². The van der Waals surface area contributed by atoms with Gasteiger partial charge < -0.3 is 5.11 Å². The van der Waals surface area contributed by atoms with Gasteiger partial charge in [0.25, 0.3) is 5.69 Å². The van der Waals surface area contributed by atoms with Gasteiger partial charge in [0.2, 0.25) is 5.78 Å². The molecule has 0 aliphatic rings. The van der Waals surface area contributed by atoms with Crippen LogP contribution in [0.25, 0.3) is 5.76 Å². The number of allylic oxidation sites excluding steroid dienone is 1. The monoisotopic (exact) mass is 361 g/mol. The Labute approximate surface area is 128 Å². The highest BCUT2D eigenvalue weighted by molar-refractivity contribution is 6.01. The smallest absolute Gasteiger partial charge is 0.460 e. The summed E-state index contributed by atoms with van der Waals surface area (Å²) in [5.41, 5.74) is -0.966. The lowest BCUT2D eigenvalue weighted by Gasteiger charge is -2.26. The van der Waals surface area contributed by atoms with Crippen LogP contribution in [0.3, 0.4) is 0 Å². The summed E-state index contributed by atoms with van der Waals surface area (Å²) in [7, 11) is 0. The summed E-state index contributed by atoms with van der Waals surface area (Å²) in [6.45, 7) is 0. The Morgan fingerprint density at radius 1 is 1.04 bits per heavy atom. The van der Waals surface area contributed by atoms with Crippen LogP contribution in [0.1, 0.15) is 5.56 Å². The number of hydrogen-bond donors (Lipinski definition) is 1. The van der Waals surface area contributed by atoms with E-state index in [9.17, 15) is 50.7 Å². The van der Waals surface area contributed by atoms with E-state index in [0.29, 0.717) is 0 Å². The molecule has 0 radical (unpaired) electrons. The number of hydrogen-bond acceptors (Lipinski definition) is 4. The van der Waals surface area contributed by atoms with Crippen molar-refractivity contribution >= 4 is 17.2 Å². The van der Waals surface area contributed by atoms with E-state index in [0.717, 1.165) is 24.3 Å². The van der Waals surface area contributed by atoms with Crippen LogP contribution in [0.2, 0.25) is 0 Å². The van der Waals surface area contributed by atoms with Gasteiger partial charge in [0.15, 0.2) is 0 Å². The Morgan fingerprint density at radius 2 is 1.50 bits per heavy atom. The number of rotatable bonds is 5. The highest BCUT2D eigenvalue weighted by Gasteiger charge is 2.75. The maximum Gasteiger partial charge on any atom is 0.460 e. The molecular formula is C12H6F7NO4. The number of halogens is 7. The van der Waals surface area contributed by atoms with Crippen molar-refractivity contribution in [1.29, 1.82) is 0 Å². The van der Waals surface area contributed by atoms with E-state index in [2.05, 4.69) is 0 Å². The van der Waals surface area contributed by atoms with E-state index >= 15 is 0 Å². The number of benzene rings is 1. The molecule has 1 aromatic rings. The van der Waals surface area contributed by atoms with Gasteiger partial charge in [-0.3, -0.25) is 14.9 Å². The highest BCUT2D eigenvalue weighted by Crippen LogP contribution is 2.47. The van der Waals surface area contributed by atoms with Crippen molar-refractivity contribution in [3.05, 3.63) is 46.0 Å². The Balaban J connectivity index is 3.15. The van der Waals surface area contributed by atoms with Gasteiger partial charge in [-0.2, -0.15) is 30.7 Å². The van der Waals surface area contributed by atoms with Crippen LogP contribution in [0.4, 0.5) is 36.4 Å². The third kappa shape index (κ3) is 3.46. The van der Waals surface area contributed by atoms with Crippen LogP contribution >= 0.6 is 0 Å². The van der Waals surface area contributed by atoms with Crippen molar-refractivity contribution in [2.45, 2.75) is 18.0 Å². The third-order valence-electron chi connectivity index (χ3n) is 2.70. The summed E-state index contributed by atoms with van der Waals surface area (Å²) in [4.78, 5) is 20.6. The number of aliphatic hydroxyl groups is 1. The number of carbonyl (C=O) groups excluding carboxylic acids is 1. The van der Waals surface area contributed by atoms with Crippen LogP contribution in [0.15, 0.2) is 30.3 Å². The molecular weight excluding hydrogens is 355 g/mol. The molecule has 0 unspecified atom stereocenters. The van der Waals surface area contributed by atoms with E-state index in [1.807, 2.05) is 0 Å². The third-order valence-corrected chi connectivity index (χ3v) is 2.70. The molecule has 0 saturated carbocycles. The predicted molar refractivity (Wildman–Crippen MR) is 64.7 cm³/mol. The minimum atomic E-state index is -6.69. The molecule has 0 bridgehead atoms. The lowest BCUT2D eigenvalue weighted by atomic mass is 10.0. The quantitative estimate of drug-likeness (QED) is 0.284. The minimum Gasteiger partial charge on any atom is -0.507 e. The number of aliphatic hydroxyl groups excluding tert-OH is 1.